The van der Waals surface area contributed by atoms with Gasteiger partial charge < -0.3 is 14.5 Å². The van der Waals surface area contributed by atoms with E-state index in [4.69, 9.17) is 20.8 Å². The zero-order valence-corrected chi connectivity index (χ0v) is 15.9. The van der Waals surface area contributed by atoms with Crippen LogP contribution in [-0.4, -0.2) is 17.3 Å². The average molecular weight is 392 g/mol. The highest BCUT2D eigenvalue weighted by Crippen LogP contribution is 2.30. The van der Waals surface area contributed by atoms with E-state index < -0.39 is 0 Å². The number of aromatic nitrogens is 2. The Hall–Kier alpha value is -3.31. The van der Waals surface area contributed by atoms with Crippen molar-refractivity contribution in [2.75, 3.05) is 12.4 Å². The van der Waals surface area contributed by atoms with Crippen LogP contribution < -0.4 is 10.1 Å². The smallest absolute Gasteiger partial charge is 0.247 e. The summed E-state index contributed by atoms with van der Waals surface area (Å²) >= 11 is 6.21. The highest BCUT2D eigenvalue weighted by molar-refractivity contribution is 6.30. The first kappa shape index (κ1) is 18.1. The number of anilines is 1. The van der Waals surface area contributed by atoms with Gasteiger partial charge in [0, 0.05) is 22.3 Å². The summed E-state index contributed by atoms with van der Waals surface area (Å²) in [4.78, 5) is 0. The summed E-state index contributed by atoms with van der Waals surface area (Å²) in [6, 6.07) is 24.5. The molecule has 0 saturated heterocycles. The van der Waals surface area contributed by atoms with Crippen molar-refractivity contribution in [3.8, 4) is 17.2 Å². The van der Waals surface area contributed by atoms with Crippen LogP contribution in [-0.2, 0) is 0 Å². The predicted molar refractivity (Wildman–Crippen MR) is 110 cm³/mol. The summed E-state index contributed by atoms with van der Waals surface area (Å²) in [6.07, 6.45) is 0. The van der Waals surface area contributed by atoms with E-state index in [2.05, 4.69) is 15.5 Å². The normalized spacial score (nSPS) is 11.8. The molecule has 4 aromatic rings. The number of benzene rings is 3. The summed E-state index contributed by atoms with van der Waals surface area (Å²) in [5, 5.41) is 12.6. The van der Waals surface area contributed by atoms with Gasteiger partial charge in [0.05, 0.1) is 7.11 Å². The summed E-state index contributed by atoms with van der Waals surface area (Å²) in [5.74, 6) is 1.67. The van der Waals surface area contributed by atoms with Gasteiger partial charge in [-0.2, -0.15) is 0 Å². The van der Waals surface area contributed by atoms with Gasteiger partial charge in [-0.25, -0.2) is 0 Å². The van der Waals surface area contributed by atoms with Crippen molar-refractivity contribution < 1.29 is 9.15 Å². The summed E-state index contributed by atoms with van der Waals surface area (Å²) in [6.45, 7) is 0. The van der Waals surface area contributed by atoms with E-state index in [0.29, 0.717) is 16.8 Å². The fourth-order valence-electron chi connectivity index (χ4n) is 2.90. The average Bonchev–Trinajstić information content (AvgIpc) is 3.23. The fourth-order valence-corrected chi connectivity index (χ4v) is 3.10. The van der Waals surface area contributed by atoms with E-state index in [1.54, 1.807) is 7.11 Å². The maximum atomic E-state index is 6.21. The molecule has 140 valence electrons. The largest absolute Gasteiger partial charge is 0.497 e. The number of hydrogen-bond acceptors (Lipinski definition) is 5. The van der Waals surface area contributed by atoms with Gasteiger partial charge in [-0.05, 0) is 42.0 Å². The minimum absolute atomic E-state index is 0.365. The molecule has 0 aliphatic carbocycles. The molecule has 0 bridgehead atoms. The number of rotatable bonds is 6. The van der Waals surface area contributed by atoms with Gasteiger partial charge in [-0.1, -0.05) is 48.0 Å². The molecule has 5 nitrogen and oxygen atoms in total. The SMILES string of the molecule is COc1cccc(N[C@H](c2cccc(Cl)c2)c2nnc(-c3ccccc3)o2)c1. The molecule has 0 amide bonds. The third kappa shape index (κ3) is 4.00. The Kier molecular flexibility index (Phi) is 5.26. The van der Waals surface area contributed by atoms with Crippen LogP contribution in [0.3, 0.4) is 0 Å². The van der Waals surface area contributed by atoms with Crippen molar-refractivity contribution in [3.63, 3.8) is 0 Å². The van der Waals surface area contributed by atoms with Crippen molar-refractivity contribution in [2.24, 2.45) is 0 Å². The molecular formula is C22H18ClN3O2. The number of nitrogens with zero attached hydrogens (tertiary/aromatic N) is 2. The quantitative estimate of drug-likeness (QED) is 0.463. The zero-order chi connectivity index (χ0) is 19.3. The van der Waals surface area contributed by atoms with Crippen molar-refractivity contribution >= 4 is 17.3 Å². The Morgan fingerprint density at radius 2 is 1.75 bits per heavy atom. The minimum atomic E-state index is -0.365. The maximum Gasteiger partial charge on any atom is 0.247 e. The Balaban J connectivity index is 1.72. The predicted octanol–water partition coefficient (Wildman–Crippen LogP) is 5.60. The highest BCUT2D eigenvalue weighted by Gasteiger charge is 2.22. The lowest BCUT2D eigenvalue weighted by molar-refractivity contribution is 0.415. The van der Waals surface area contributed by atoms with E-state index in [1.807, 2.05) is 78.9 Å². The van der Waals surface area contributed by atoms with Crippen molar-refractivity contribution in [3.05, 3.63) is 95.3 Å². The summed E-state index contributed by atoms with van der Waals surface area (Å²) in [7, 11) is 1.64. The van der Waals surface area contributed by atoms with Gasteiger partial charge >= 0.3 is 0 Å². The molecule has 0 aliphatic heterocycles. The number of halogens is 1. The topological polar surface area (TPSA) is 60.2 Å². The molecule has 1 N–H and O–H groups in total. The molecule has 0 fully saturated rings. The molecular weight excluding hydrogens is 374 g/mol. The van der Waals surface area contributed by atoms with Gasteiger partial charge in [-0.3, -0.25) is 0 Å². The van der Waals surface area contributed by atoms with Gasteiger partial charge in [0.15, 0.2) is 0 Å². The first-order chi connectivity index (χ1) is 13.7. The van der Waals surface area contributed by atoms with Gasteiger partial charge in [0.2, 0.25) is 11.8 Å². The van der Waals surface area contributed by atoms with E-state index in [9.17, 15) is 0 Å². The van der Waals surface area contributed by atoms with Crippen LogP contribution in [0.5, 0.6) is 5.75 Å². The molecule has 0 spiro atoms. The van der Waals surface area contributed by atoms with Crippen molar-refractivity contribution in [2.45, 2.75) is 6.04 Å². The second kappa shape index (κ2) is 8.15. The van der Waals surface area contributed by atoms with Gasteiger partial charge in [0.1, 0.15) is 11.8 Å². The van der Waals surface area contributed by atoms with E-state index in [1.165, 1.54) is 0 Å². The first-order valence-corrected chi connectivity index (χ1v) is 9.15. The molecule has 0 aliphatic rings. The van der Waals surface area contributed by atoms with Crippen LogP contribution in [0, 0.1) is 0 Å². The van der Waals surface area contributed by atoms with Crippen molar-refractivity contribution in [1.82, 2.24) is 10.2 Å². The molecule has 1 aromatic heterocycles. The Morgan fingerprint density at radius 3 is 2.54 bits per heavy atom. The van der Waals surface area contributed by atoms with Crippen LogP contribution in [0.1, 0.15) is 17.5 Å². The second-order valence-corrected chi connectivity index (χ2v) is 6.61. The molecule has 0 saturated carbocycles. The molecule has 1 heterocycles. The van der Waals surface area contributed by atoms with Crippen LogP contribution >= 0.6 is 11.6 Å². The van der Waals surface area contributed by atoms with Crippen LogP contribution in [0.2, 0.25) is 5.02 Å². The van der Waals surface area contributed by atoms with Gasteiger partial charge in [0.25, 0.3) is 0 Å². The number of hydrogen-bond donors (Lipinski definition) is 1. The van der Waals surface area contributed by atoms with Gasteiger partial charge in [-0.15, -0.1) is 10.2 Å². The Bertz CT molecular complexity index is 1070. The van der Waals surface area contributed by atoms with E-state index in [0.717, 1.165) is 22.6 Å². The lowest BCUT2D eigenvalue weighted by atomic mass is 10.1. The Labute approximate surface area is 168 Å². The monoisotopic (exact) mass is 391 g/mol. The lowest BCUT2D eigenvalue weighted by Gasteiger charge is -2.17. The minimum Gasteiger partial charge on any atom is -0.497 e. The second-order valence-electron chi connectivity index (χ2n) is 6.18. The third-order valence-corrected chi connectivity index (χ3v) is 4.51. The number of ether oxygens (including phenoxy) is 1. The number of nitrogens with one attached hydrogen (secondary N) is 1. The van der Waals surface area contributed by atoms with Crippen molar-refractivity contribution in [1.29, 1.82) is 0 Å². The standard InChI is InChI=1S/C22H18ClN3O2/c1-27-19-12-6-11-18(14-19)24-20(16-9-5-10-17(23)13-16)22-26-25-21(28-22)15-7-3-2-4-8-15/h2-14,20,24H,1H3/t20-/m1/s1. The zero-order valence-electron chi connectivity index (χ0n) is 15.2. The third-order valence-electron chi connectivity index (χ3n) is 4.27. The van der Waals surface area contributed by atoms with Crippen LogP contribution in [0.15, 0.2) is 83.3 Å². The summed E-state index contributed by atoms with van der Waals surface area (Å²) < 4.78 is 11.3. The molecule has 4 rings (SSSR count). The first-order valence-electron chi connectivity index (χ1n) is 8.78. The van der Waals surface area contributed by atoms with E-state index in [-0.39, 0.29) is 6.04 Å². The maximum absolute atomic E-state index is 6.21. The molecule has 1 atom stereocenters. The molecule has 0 radical (unpaired) electrons. The number of methoxy groups -OCH3 is 1. The molecule has 6 heteroatoms. The summed E-state index contributed by atoms with van der Waals surface area (Å²) in [5.41, 5.74) is 2.65. The Morgan fingerprint density at radius 1 is 0.929 bits per heavy atom. The molecule has 0 unspecified atom stereocenters. The molecule has 28 heavy (non-hydrogen) atoms. The van der Waals surface area contributed by atoms with E-state index >= 15 is 0 Å². The fraction of sp³-hybridized carbons (Fsp3) is 0.0909. The van der Waals surface area contributed by atoms with Crippen LogP contribution in [0.25, 0.3) is 11.5 Å². The molecule has 3 aromatic carbocycles. The lowest BCUT2D eigenvalue weighted by Crippen LogP contribution is -2.13. The van der Waals surface area contributed by atoms with Crippen LogP contribution in [0.4, 0.5) is 5.69 Å². The highest BCUT2D eigenvalue weighted by atomic mass is 35.5.